The Balaban J connectivity index is 2.10. The summed E-state index contributed by atoms with van der Waals surface area (Å²) < 4.78 is 5.35. The highest BCUT2D eigenvalue weighted by Crippen LogP contribution is 2.12. The van der Waals surface area contributed by atoms with Gasteiger partial charge in [0.25, 0.3) is 5.89 Å². The Bertz CT molecular complexity index is 381. The highest BCUT2D eigenvalue weighted by Gasteiger charge is 2.09. The molecular formula is C7H10N6O. The van der Waals surface area contributed by atoms with Gasteiger partial charge in [0, 0.05) is 13.0 Å². The molecule has 0 aromatic carbocycles. The second kappa shape index (κ2) is 3.97. The molecule has 2 aromatic rings. The number of aromatic amines is 1. The third kappa shape index (κ3) is 1.77. The zero-order valence-corrected chi connectivity index (χ0v) is 7.69. The fraction of sp³-hybridized carbons (Fsp3) is 0.429. The lowest BCUT2D eigenvalue weighted by atomic mass is 10.4. The van der Waals surface area contributed by atoms with E-state index in [-0.39, 0.29) is 0 Å². The van der Waals surface area contributed by atoms with Gasteiger partial charge in [-0.05, 0) is 7.05 Å². The normalized spacial score (nSPS) is 10.6. The van der Waals surface area contributed by atoms with Crippen molar-refractivity contribution in [3.8, 4) is 11.6 Å². The van der Waals surface area contributed by atoms with E-state index in [9.17, 15) is 0 Å². The fourth-order valence-corrected chi connectivity index (χ4v) is 0.995. The van der Waals surface area contributed by atoms with Crippen LogP contribution < -0.4 is 5.32 Å². The summed E-state index contributed by atoms with van der Waals surface area (Å²) in [6.07, 6.45) is 2.25. The van der Waals surface area contributed by atoms with Crippen molar-refractivity contribution in [2.24, 2.45) is 0 Å². The molecule has 0 aliphatic rings. The van der Waals surface area contributed by atoms with Gasteiger partial charge in [0.05, 0.1) is 6.20 Å². The number of aromatic nitrogens is 5. The molecule has 2 heterocycles. The van der Waals surface area contributed by atoms with Crippen molar-refractivity contribution in [1.82, 2.24) is 30.9 Å². The summed E-state index contributed by atoms with van der Waals surface area (Å²) in [4.78, 5) is 0. The molecular weight excluding hydrogens is 184 g/mol. The quantitative estimate of drug-likeness (QED) is 0.689. The van der Waals surface area contributed by atoms with Crippen LogP contribution in [0.1, 0.15) is 5.89 Å². The van der Waals surface area contributed by atoms with Crippen molar-refractivity contribution in [3.63, 3.8) is 0 Å². The van der Waals surface area contributed by atoms with Crippen LogP contribution in [-0.4, -0.2) is 39.2 Å². The van der Waals surface area contributed by atoms with E-state index in [1.807, 2.05) is 7.05 Å². The van der Waals surface area contributed by atoms with Crippen LogP contribution in [0.3, 0.4) is 0 Å². The maximum absolute atomic E-state index is 5.35. The van der Waals surface area contributed by atoms with Crippen molar-refractivity contribution in [2.75, 3.05) is 13.6 Å². The summed E-state index contributed by atoms with van der Waals surface area (Å²) in [5, 5.41) is 20.7. The lowest BCUT2D eigenvalue weighted by Crippen LogP contribution is -2.10. The maximum atomic E-state index is 5.35. The molecule has 14 heavy (non-hydrogen) atoms. The second-order valence-corrected chi connectivity index (χ2v) is 2.71. The number of H-pyrrole nitrogens is 1. The van der Waals surface area contributed by atoms with Crippen molar-refractivity contribution in [1.29, 1.82) is 0 Å². The van der Waals surface area contributed by atoms with Gasteiger partial charge in [0.1, 0.15) is 0 Å². The Labute approximate surface area is 79.9 Å². The van der Waals surface area contributed by atoms with Crippen molar-refractivity contribution < 1.29 is 4.42 Å². The van der Waals surface area contributed by atoms with E-state index in [4.69, 9.17) is 4.42 Å². The van der Waals surface area contributed by atoms with E-state index in [0.717, 1.165) is 6.54 Å². The van der Waals surface area contributed by atoms with Crippen LogP contribution in [0.25, 0.3) is 11.6 Å². The van der Waals surface area contributed by atoms with Crippen LogP contribution >= 0.6 is 0 Å². The topological polar surface area (TPSA) is 92.5 Å². The first-order valence-corrected chi connectivity index (χ1v) is 4.23. The van der Waals surface area contributed by atoms with E-state index in [1.165, 1.54) is 6.20 Å². The number of likely N-dealkylation sites (N-methyl/N-ethyl adjacent to an activating group) is 1. The molecule has 0 bridgehead atoms. The Morgan fingerprint density at radius 2 is 2.43 bits per heavy atom. The lowest BCUT2D eigenvalue weighted by Gasteiger charge is -1.91. The molecule has 0 amide bonds. The van der Waals surface area contributed by atoms with Gasteiger partial charge in [0.2, 0.25) is 5.89 Å². The molecule has 2 aromatic heterocycles. The molecule has 0 saturated heterocycles. The van der Waals surface area contributed by atoms with Crippen LogP contribution in [-0.2, 0) is 6.42 Å². The van der Waals surface area contributed by atoms with Gasteiger partial charge in [-0.1, -0.05) is 0 Å². The highest BCUT2D eigenvalue weighted by molar-refractivity contribution is 5.42. The molecule has 0 fully saturated rings. The third-order valence-corrected chi connectivity index (χ3v) is 1.69. The molecule has 0 atom stereocenters. The summed E-state index contributed by atoms with van der Waals surface area (Å²) in [5.41, 5.74) is 0.563. The summed E-state index contributed by atoms with van der Waals surface area (Å²) in [5.74, 6) is 0.988. The number of nitrogens with zero attached hydrogens (tertiary/aromatic N) is 4. The Morgan fingerprint density at radius 3 is 3.14 bits per heavy atom. The van der Waals surface area contributed by atoms with Crippen LogP contribution in [0.5, 0.6) is 0 Å². The summed E-state index contributed by atoms with van der Waals surface area (Å²) >= 11 is 0. The summed E-state index contributed by atoms with van der Waals surface area (Å²) in [6, 6.07) is 0. The largest absolute Gasteiger partial charge is 0.419 e. The van der Waals surface area contributed by atoms with Gasteiger partial charge < -0.3 is 9.73 Å². The minimum Gasteiger partial charge on any atom is -0.419 e. The molecule has 2 rings (SSSR count). The summed E-state index contributed by atoms with van der Waals surface area (Å²) in [6.45, 7) is 0.806. The average Bonchev–Trinajstić information content (AvgIpc) is 2.85. The van der Waals surface area contributed by atoms with Crippen molar-refractivity contribution in [2.45, 2.75) is 6.42 Å². The number of hydrogen-bond donors (Lipinski definition) is 2. The van der Waals surface area contributed by atoms with Gasteiger partial charge in [-0.3, -0.25) is 0 Å². The Hall–Kier alpha value is -1.76. The van der Waals surface area contributed by atoms with E-state index >= 15 is 0 Å². The molecule has 0 radical (unpaired) electrons. The van der Waals surface area contributed by atoms with E-state index in [0.29, 0.717) is 23.9 Å². The molecule has 0 aliphatic carbocycles. The maximum Gasteiger partial charge on any atom is 0.269 e. The first-order valence-electron chi connectivity index (χ1n) is 4.23. The number of hydrogen-bond acceptors (Lipinski definition) is 6. The highest BCUT2D eigenvalue weighted by atomic mass is 16.4. The molecule has 0 saturated carbocycles. The van der Waals surface area contributed by atoms with Gasteiger partial charge in [0.15, 0.2) is 5.69 Å². The van der Waals surface area contributed by atoms with E-state index < -0.39 is 0 Å². The van der Waals surface area contributed by atoms with Crippen molar-refractivity contribution in [3.05, 3.63) is 12.1 Å². The molecule has 74 valence electrons. The smallest absolute Gasteiger partial charge is 0.269 e. The monoisotopic (exact) mass is 194 g/mol. The molecule has 0 spiro atoms. The van der Waals surface area contributed by atoms with Crippen LogP contribution in [0.15, 0.2) is 10.6 Å². The SMILES string of the molecule is CNCCc1nnc(-c2cn[nH]n2)o1. The molecule has 7 heteroatoms. The van der Waals surface area contributed by atoms with Gasteiger partial charge in [-0.15, -0.1) is 10.2 Å². The minimum absolute atomic E-state index is 0.393. The van der Waals surface area contributed by atoms with Gasteiger partial charge in [-0.25, -0.2) is 0 Å². The first-order chi connectivity index (χ1) is 6.90. The standard InChI is InChI=1S/C7H10N6O/c1-8-3-2-6-11-12-7(14-6)5-4-9-13-10-5/h4,8H,2-3H2,1H3,(H,9,10,13). The predicted molar refractivity (Wildman–Crippen MR) is 47.3 cm³/mol. The second-order valence-electron chi connectivity index (χ2n) is 2.71. The van der Waals surface area contributed by atoms with E-state index in [2.05, 4.69) is 30.9 Å². The Morgan fingerprint density at radius 1 is 1.50 bits per heavy atom. The molecule has 7 nitrogen and oxygen atoms in total. The van der Waals surface area contributed by atoms with Crippen LogP contribution in [0.4, 0.5) is 0 Å². The Kier molecular flexibility index (Phi) is 2.50. The predicted octanol–water partition coefficient (Wildman–Crippen LogP) is -0.383. The van der Waals surface area contributed by atoms with Crippen LogP contribution in [0, 0.1) is 0 Å². The van der Waals surface area contributed by atoms with Crippen LogP contribution in [0.2, 0.25) is 0 Å². The van der Waals surface area contributed by atoms with Gasteiger partial charge in [-0.2, -0.15) is 15.4 Å². The fourth-order valence-electron chi connectivity index (χ4n) is 0.995. The lowest BCUT2D eigenvalue weighted by molar-refractivity contribution is 0.498. The van der Waals surface area contributed by atoms with Gasteiger partial charge >= 0.3 is 0 Å². The third-order valence-electron chi connectivity index (χ3n) is 1.69. The molecule has 2 N–H and O–H groups in total. The van der Waals surface area contributed by atoms with Crippen molar-refractivity contribution >= 4 is 0 Å². The minimum atomic E-state index is 0.393. The molecule has 0 aliphatic heterocycles. The average molecular weight is 194 g/mol. The van der Waals surface area contributed by atoms with E-state index in [1.54, 1.807) is 0 Å². The zero-order chi connectivity index (χ0) is 9.80. The summed E-state index contributed by atoms with van der Waals surface area (Å²) in [7, 11) is 1.87. The first kappa shape index (κ1) is 8.82. The number of nitrogens with one attached hydrogen (secondary N) is 2. The molecule has 0 unspecified atom stereocenters. The zero-order valence-electron chi connectivity index (χ0n) is 7.69. The number of rotatable bonds is 4.